The number of nitrogens with one attached hydrogen (secondary N) is 1. The van der Waals surface area contributed by atoms with E-state index in [2.05, 4.69) is 10.4 Å². The summed E-state index contributed by atoms with van der Waals surface area (Å²) in [7, 11) is 0. The third-order valence-electron chi connectivity index (χ3n) is 3.72. The van der Waals surface area contributed by atoms with Gasteiger partial charge in [0, 0.05) is 13.0 Å². The van der Waals surface area contributed by atoms with Crippen LogP contribution in [0.2, 0.25) is 0 Å². The number of aromatic nitrogens is 2. The van der Waals surface area contributed by atoms with Crippen LogP contribution < -0.4 is 5.32 Å². The molecule has 120 valence electrons. The average Bonchev–Trinajstić information content (AvgIpc) is 2.98. The van der Waals surface area contributed by atoms with E-state index in [4.69, 9.17) is 0 Å². The lowest BCUT2D eigenvalue weighted by molar-refractivity contribution is -0.136. The summed E-state index contributed by atoms with van der Waals surface area (Å²) in [4.78, 5) is 25.3. The van der Waals surface area contributed by atoms with Crippen LogP contribution in [0.25, 0.3) is 5.69 Å². The fraction of sp³-hybridized carbons (Fsp3) is 0.312. The maximum Gasteiger partial charge on any atom is 0.244 e. The lowest BCUT2D eigenvalue weighted by Gasteiger charge is -2.25. The van der Waals surface area contributed by atoms with Gasteiger partial charge in [-0.1, -0.05) is 12.1 Å². The van der Waals surface area contributed by atoms with Crippen LogP contribution in [0.4, 0.5) is 10.1 Å². The van der Waals surface area contributed by atoms with Gasteiger partial charge in [0.1, 0.15) is 11.5 Å². The van der Waals surface area contributed by atoms with Crippen molar-refractivity contribution in [1.29, 1.82) is 0 Å². The summed E-state index contributed by atoms with van der Waals surface area (Å²) in [6.45, 7) is 0.643. The summed E-state index contributed by atoms with van der Waals surface area (Å²) < 4.78 is 15.1. The molecule has 2 heterocycles. The number of rotatable bonds is 4. The van der Waals surface area contributed by atoms with Gasteiger partial charge in [0.15, 0.2) is 0 Å². The van der Waals surface area contributed by atoms with Crippen molar-refractivity contribution in [1.82, 2.24) is 14.7 Å². The van der Waals surface area contributed by atoms with Gasteiger partial charge in [-0.3, -0.25) is 9.59 Å². The Balaban J connectivity index is 1.64. The molecule has 0 spiro atoms. The Hall–Kier alpha value is -2.70. The largest absolute Gasteiger partial charge is 0.333 e. The molecule has 7 heteroatoms. The molecule has 23 heavy (non-hydrogen) atoms. The summed E-state index contributed by atoms with van der Waals surface area (Å²) in [6, 6.07) is 6.25. The molecule has 1 fully saturated rings. The quantitative estimate of drug-likeness (QED) is 0.937. The molecule has 0 bridgehead atoms. The van der Waals surface area contributed by atoms with Gasteiger partial charge in [0.05, 0.1) is 24.6 Å². The first-order valence-corrected chi connectivity index (χ1v) is 7.51. The summed E-state index contributed by atoms with van der Waals surface area (Å²) in [5.74, 6) is -0.672. The molecule has 0 aliphatic carbocycles. The van der Waals surface area contributed by atoms with E-state index < -0.39 is 5.82 Å². The van der Waals surface area contributed by atoms with Crippen molar-refractivity contribution in [3.8, 4) is 5.69 Å². The Bertz CT molecular complexity index is 728. The van der Waals surface area contributed by atoms with Crippen LogP contribution in [-0.2, 0) is 9.59 Å². The van der Waals surface area contributed by atoms with Gasteiger partial charge >= 0.3 is 0 Å². The van der Waals surface area contributed by atoms with Crippen LogP contribution in [0.1, 0.15) is 19.3 Å². The van der Waals surface area contributed by atoms with Crippen LogP contribution in [-0.4, -0.2) is 39.6 Å². The van der Waals surface area contributed by atoms with E-state index in [9.17, 15) is 14.0 Å². The van der Waals surface area contributed by atoms with E-state index in [1.807, 2.05) is 0 Å². The van der Waals surface area contributed by atoms with E-state index in [0.717, 1.165) is 12.8 Å². The predicted octanol–water partition coefficient (Wildman–Crippen LogP) is 1.96. The van der Waals surface area contributed by atoms with Crippen molar-refractivity contribution in [2.45, 2.75) is 19.3 Å². The number of hydrogen-bond donors (Lipinski definition) is 1. The number of halogens is 1. The monoisotopic (exact) mass is 316 g/mol. The van der Waals surface area contributed by atoms with Gasteiger partial charge in [-0.05, 0) is 25.0 Å². The van der Waals surface area contributed by atoms with E-state index in [1.54, 1.807) is 23.1 Å². The zero-order chi connectivity index (χ0) is 16.2. The van der Waals surface area contributed by atoms with Crippen LogP contribution >= 0.6 is 0 Å². The molecule has 1 aliphatic rings. The SMILES string of the molecule is O=C(CN1CCCCC1=O)Nc1cnn(-c2ccccc2F)c1. The standard InChI is InChI=1S/C16H17FN4O2/c17-13-5-1-2-6-14(13)21-10-12(9-18-21)19-15(22)11-20-8-4-3-7-16(20)23/h1-2,5-6,9-10H,3-4,7-8,11H2,(H,19,22). The highest BCUT2D eigenvalue weighted by Crippen LogP contribution is 2.15. The van der Waals surface area contributed by atoms with E-state index >= 15 is 0 Å². The molecule has 1 saturated heterocycles. The zero-order valence-corrected chi connectivity index (χ0v) is 12.5. The number of carbonyl (C=O) groups is 2. The molecular weight excluding hydrogens is 299 g/mol. The maximum atomic E-state index is 13.7. The molecule has 0 saturated carbocycles. The smallest absolute Gasteiger partial charge is 0.244 e. The Labute approximate surface area is 132 Å². The van der Waals surface area contributed by atoms with E-state index in [-0.39, 0.29) is 18.4 Å². The van der Waals surface area contributed by atoms with Gasteiger partial charge in [-0.25, -0.2) is 9.07 Å². The number of para-hydroxylation sites is 1. The third kappa shape index (κ3) is 3.56. The fourth-order valence-corrected chi connectivity index (χ4v) is 2.56. The molecule has 0 atom stereocenters. The van der Waals surface area contributed by atoms with Gasteiger partial charge in [-0.15, -0.1) is 0 Å². The summed E-state index contributed by atoms with van der Waals surface area (Å²) >= 11 is 0. The second-order valence-electron chi connectivity index (χ2n) is 5.45. The van der Waals surface area contributed by atoms with Crippen LogP contribution in [0, 0.1) is 5.82 Å². The first-order chi connectivity index (χ1) is 11.1. The first kappa shape index (κ1) is 15.2. The maximum absolute atomic E-state index is 13.7. The van der Waals surface area contributed by atoms with Crippen molar-refractivity contribution in [2.75, 3.05) is 18.4 Å². The van der Waals surface area contributed by atoms with Crippen molar-refractivity contribution in [3.05, 3.63) is 42.5 Å². The number of likely N-dealkylation sites (tertiary alicyclic amines) is 1. The molecule has 2 amide bonds. The minimum Gasteiger partial charge on any atom is -0.333 e. The van der Waals surface area contributed by atoms with Crippen LogP contribution in [0.5, 0.6) is 0 Å². The number of nitrogens with zero attached hydrogens (tertiary/aromatic N) is 3. The molecule has 0 radical (unpaired) electrons. The number of carbonyl (C=O) groups excluding carboxylic acids is 2. The Morgan fingerprint density at radius 3 is 2.91 bits per heavy atom. The number of hydrogen-bond acceptors (Lipinski definition) is 3. The third-order valence-corrected chi connectivity index (χ3v) is 3.72. The van der Waals surface area contributed by atoms with Crippen molar-refractivity contribution in [3.63, 3.8) is 0 Å². The Kier molecular flexibility index (Phi) is 4.36. The molecule has 3 rings (SSSR count). The molecule has 1 aromatic heterocycles. The second kappa shape index (κ2) is 6.60. The molecule has 1 aromatic carbocycles. The lowest BCUT2D eigenvalue weighted by atomic mass is 10.1. The van der Waals surface area contributed by atoms with Crippen molar-refractivity contribution in [2.24, 2.45) is 0 Å². The lowest BCUT2D eigenvalue weighted by Crippen LogP contribution is -2.40. The van der Waals surface area contributed by atoms with E-state index in [0.29, 0.717) is 24.3 Å². The number of amides is 2. The van der Waals surface area contributed by atoms with Crippen molar-refractivity contribution < 1.29 is 14.0 Å². The number of piperidine rings is 1. The zero-order valence-electron chi connectivity index (χ0n) is 12.5. The molecule has 1 N–H and O–H groups in total. The van der Waals surface area contributed by atoms with E-state index in [1.165, 1.54) is 23.1 Å². The molecule has 6 nitrogen and oxygen atoms in total. The number of benzene rings is 1. The molecule has 0 unspecified atom stereocenters. The minimum absolute atomic E-state index is 0.00783. The first-order valence-electron chi connectivity index (χ1n) is 7.51. The van der Waals surface area contributed by atoms with Crippen molar-refractivity contribution >= 4 is 17.5 Å². The Morgan fingerprint density at radius 1 is 1.30 bits per heavy atom. The highest BCUT2D eigenvalue weighted by Gasteiger charge is 2.20. The van der Waals surface area contributed by atoms with Gasteiger partial charge in [0.2, 0.25) is 11.8 Å². The van der Waals surface area contributed by atoms with Crippen LogP contribution in [0.15, 0.2) is 36.7 Å². The molecule has 1 aliphatic heterocycles. The average molecular weight is 316 g/mol. The highest BCUT2D eigenvalue weighted by molar-refractivity contribution is 5.94. The summed E-state index contributed by atoms with van der Waals surface area (Å²) in [6.07, 6.45) is 5.28. The van der Waals surface area contributed by atoms with Gasteiger partial charge in [0.25, 0.3) is 0 Å². The summed E-state index contributed by atoms with van der Waals surface area (Å²) in [5, 5.41) is 6.72. The van der Waals surface area contributed by atoms with Crippen LogP contribution in [0.3, 0.4) is 0 Å². The number of anilines is 1. The molecule has 2 aromatic rings. The fourth-order valence-electron chi connectivity index (χ4n) is 2.56. The van der Waals surface area contributed by atoms with Gasteiger partial charge < -0.3 is 10.2 Å². The second-order valence-corrected chi connectivity index (χ2v) is 5.45. The predicted molar refractivity (Wildman–Crippen MR) is 82.6 cm³/mol. The Morgan fingerprint density at radius 2 is 2.13 bits per heavy atom. The molecular formula is C16H17FN4O2. The topological polar surface area (TPSA) is 67.2 Å². The van der Waals surface area contributed by atoms with Gasteiger partial charge in [-0.2, -0.15) is 5.10 Å². The normalized spacial score (nSPS) is 14.8. The minimum atomic E-state index is -0.396. The highest BCUT2D eigenvalue weighted by atomic mass is 19.1. The summed E-state index contributed by atoms with van der Waals surface area (Å²) in [5.41, 5.74) is 0.766.